The molecule has 3 aromatic carbocycles. The van der Waals surface area contributed by atoms with E-state index in [1.54, 1.807) is 50.2 Å². The number of nitrogens with one attached hydrogen (secondary N) is 3. The average Bonchev–Trinajstić information content (AvgIpc) is 3.18. The van der Waals surface area contributed by atoms with Crippen LogP contribution in [0.25, 0.3) is 0 Å². The minimum Gasteiger partial charge on any atom is -0.502 e. The molecule has 1 fully saturated rings. The molecule has 0 aliphatic carbocycles. The maximum absolute atomic E-state index is 14.4. The van der Waals surface area contributed by atoms with Crippen LogP contribution in [0.2, 0.25) is 0 Å². The molecule has 0 spiro atoms. The molecule has 0 radical (unpaired) electrons. The van der Waals surface area contributed by atoms with Crippen LogP contribution in [0.5, 0.6) is 5.75 Å². The molecule has 0 aromatic heterocycles. The lowest BCUT2D eigenvalue weighted by atomic mass is 9.97. The second-order valence-electron chi connectivity index (χ2n) is 13.8. The molecule has 4 atom stereocenters. The maximum Gasteiger partial charge on any atom is 0.339 e. The van der Waals surface area contributed by atoms with Gasteiger partial charge in [0.15, 0.2) is 18.1 Å². The first-order chi connectivity index (χ1) is 28.0. The number of Topliss-reactive ketones (excluding diaryl/α,β-unsaturated/α-hetero) is 1. The minimum atomic E-state index is -1.75. The first kappa shape index (κ1) is 44.5. The summed E-state index contributed by atoms with van der Waals surface area (Å²) in [4.78, 5) is 116. The number of aliphatic carboxylic acids is 2. The van der Waals surface area contributed by atoms with Crippen molar-refractivity contribution in [1.29, 1.82) is 0 Å². The molecule has 1 heterocycles. The summed E-state index contributed by atoms with van der Waals surface area (Å²) < 4.78 is 5.20. The van der Waals surface area contributed by atoms with E-state index in [0.717, 1.165) is 17.0 Å². The lowest BCUT2D eigenvalue weighted by molar-refractivity contribution is -0.385. The number of rotatable bonds is 18. The molecule has 3 aromatic rings. The van der Waals surface area contributed by atoms with Gasteiger partial charge in [0.05, 0.1) is 29.7 Å². The van der Waals surface area contributed by atoms with E-state index in [1.165, 1.54) is 18.2 Å². The number of phenols is 1. The van der Waals surface area contributed by atoms with Crippen molar-refractivity contribution in [1.82, 2.24) is 20.9 Å². The van der Waals surface area contributed by atoms with Crippen LogP contribution in [0.3, 0.4) is 0 Å². The number of likely N-dealkylation sites (tertiary alicyclic amines) is 1. The number of nitro benzene ring substituents is 1. The Morgan fingerprint density at radius 1 is 0.847 bits per heavy atom. The molecule has 4 rings (SSSR count). The molecule has 59 heavy (non-hydrogen) atoms. The second kappa shape index (κ2) is 20.3. The number of carbonyl (C=O) groups excluding carboxylic acids is 6. The van der Waals surface area contributed by atoms with E-state index >= 15 is 0 Å². The van der Waals surface area contributed by atoms with Gasteiger partial charge in [-0.1, -0.05) is 54.6 Å². The topological polar surface area (TPSA) is 289 Å². The van der Waals surface area contributed by atoms with Gasteiger partial charge >= 0.3 is 23.6 Å². The van der Waals surface area contributed by atoms with Gasteiger partial charge in [0.2, 0.25) is 23.6 Å². The van der Waals surface area contributed by atoms with Crippen molar-refractivity contribution in [2.75, 3.05) is 13.2 Å². The van der Waals surface area contributed by atoms with Crippen LogP contribution in [0.15, 0.2) is 66.7 Å². The third kappa shape index (κ3) is 12.2. The number of nitro groups is 1. The van der Waals surface area contributed by atoms with Gasteiger partial charge in [-0.3, -0.25) is 43.7 Å². The Balaban J connectivity index is 1.53. The van der Waals surface area contributed by atoms with Crippen molar-refractivity contribution in [2.45, 2.75) is 76.5 Å². The summed E-state index contributed by atoms with van der Waals surface area (Å²) in [5, 5.41) is 47.3. The van der Waals surface area contributed by atoms with Crippen LogP contribution in [-0.4, -0.2) is 104 Å². The van der Waals surface area contributed by atoms with Gasteiger partial charge in [0.25, 0.3) is 0 Å². The quantitative estimate of drug-likeness (QED) is 0.0609. The van der Waals surface area contributed by atoms with Crippen LogP contribution >= 0.6 is 0 Å². The molecule has 0 bridgehead atoms. The lowest BCUT2D eigenvalue weighted by Crippen LogP contribution is -2.58. The lowest BCUT2D eigenvalue weighted by Gasteiger charge is -2.38. The number of carboxylic acid groups (broad SMARTS) is 2. The number of hydrogen-bond donors (Lipinski definition) is 6. The summed E-state index contributed by atoms with van der Waals surface area (Å²) in [6, 6.07) is 9.80. The number of aryl methyl sites for hydroxylation is 2. The molecule has 19 nitrogen and oxygen atoms in total. The summed E-state index contributed by atoms with van der Waals surface area (Å²) in [7, 11) is 0. The largest absolute Gasteiger partial charge is 0.502 e. The number of aromatic hydroxyl groups is 1. The zero-order chi connectivity index (χ0) is 43.4. The van der Waals surface area contributed by atoms with Gasteiger partial charge in [-0.05, 0) is 61.4 Å². The molecule has 6 N–H and O–H groups in total. The summed E-state index contributed by atoms with van der Waals surface area (Å²) >= 11 is 0. The van der Waals surface area contributed by atoms with Crippen molar-refractivity contribution in [3.63, 3.8) is 0 Å². The first-order valence-corrected chi connectivity index (χ1v) is 18.4. The van der Waals surface area contributed by atoms with Crippen molar-refractivity contribution in [3.8, 4) is 5.75 Å². The van der Waals surface area contributed by atoms with Gasteiger partial charge in [0.1, 0.15) is 24.2 Å². The maximum atomic E-state index is 14.4. The first-order valence-electron chi connectivity index (χ1n) is 18.4. The molecule has 1 unspecified atom stereocenters. The van der Waals surface area contributed by atoms with E-state index < -0.39 is 114 Å². The smallest absolute Gasteiger partial charge is 0.339 e. The van der Waals surface area contributed by atoms with E-state index in [0.29, 0.717) is 24.0 Å². The highest BCUT2D eigenvalue weighted by molar-refractivity contribution is 5.99. The number of nitrogens with zero attached hydrogens (tertiary/aromatic N) is 2. The zero-order valence-electron chi connectivity index (χ0n) is 32.0. The third-order valence-corrected chi connectivity index (χ3v) is 9.50. The molecule has 312 valence electrons. The molecular weight excluding hydrogens is 774 g/mol. The number of carboxylic acids is 2. The van der Waals surface area contributed by atoms with E-state index in [4.69, 9.17) is 4.74 Å². The predicted octanol–water partition coefficient (Wildman–Crippen LogP) is 2.04. The van der Waals surface area contributed by atoms with E-state index in [2.05, 4.69) is 16.0 Å². The Morgan fingerprint density at radius 3 is 2.12 bits per heavy atom. The van der Waals surface area contributed by atoms with E-state index in [-0.39, 0.29) is 29.7 Å². The van der Waals surface area contributed by atoms with Crippen LogP contribution in [0.4, 0.5) is 5.69 Å². The van der Waals surface area contributed by atoms with Gasteiger partial charge in [-0.25, -0.2) is 4.79 Å². The summed E-state index contributed by atoms with van der Waals surface area (Å²) in [6.45, 7) is 2.49. The van der Waals surface area contributed by atoms with E-state index in [9.17, 15) is 63.8 Å². The predicted molar refractivity (Wildman–Crippen MR) is 205 cm³/mol. The Hall–Kier alpha value is -7.18. The summed E-state index contributed by atoms with van der Waals surface area (Å²) in [5.74, 6) is -9.03. The van der Waals surface area contributed by atoms with Gasteiger partial charge in [-0.15, -0.1) is 0 Å². The number of ether oxygens (including phenoxy) is 1. The summed E-state index contributed by atoms with van der Waals surface area (Å²) in [5.41, 5.74) is 1.02. The molecular formula is C40H43N5O14. The van der Waals surface area contributed by atoms with Crippen molar-refractivity contribution in [2.24, 2.45) is 0 Å². The Kier molecular flexibility index (Phi) is 15.3. The monoisotopic (exact) mass is 817 g/mol. The van der Waals surface area contributed by atoms with Crippen molar-refractivity contribution in [3.05, 3.63) is 105 Å². The second-order valence-corrected chi connectivity index (χ2v) is 13.8. The van der Waals surface area contributed by atoms with Crippen LogP contribution in [-0.2, 0) is 44.7 Å². The zero-order valence-corrected chi connectivity index (χ0v) is 32.0. The van der Waals surface area contributed by atoms with Crippen LogP contribution in [0, 0.1) is 24.0 Å². The molecule has 19 heteroatoms. The Morgan fingerprint density at radius 2 is 1.49 bits per heavy atom. The van der Waals surface area contributed by atoms with Crippen molar-refractivity contribution < 1.29 is 63.3 Å². The van der Waals surface area contributed by atoms with Crippen molar-refractivity contribution >= 4 is 53.0 Å². The molecule has 1 saturated heterocycles. The number of phenolic OH excluding ortho intramolecular Hbond substituents is 1. The number of hydrogen-bond acceptors (Lipinski definition) is 12. The molecule has 4 amide bonds. The highest BCUT2D eigenvalue weighted by atomic mass is 16.6. The molecule has 1 aliphatic heterocycles. The fourth-order valence-electron chi connectivity index (χ4n) is 6.58. The highest BCUT2D eigenvalue weighted by Crippen LogP contribution is 2.27. The Bertz CT molecular complexity index is 2100. The van der Waals surface area contributed by atoms with Crippen LogP contribution in [0.1, 0.15) is 70.8 Å². The Labute approximate surface area is 336 Å². The SMILES string of the molecule is Cc1cccc(C)c1C(=O)OCC(=O)[C@H](CC(=O)O)NC(=O)C1CCCCN1C(=O)[C@@H](NC(=O)[C@H](CC(=O)O)NC(=O)Cc1ccc(O)c([N+](=O)[O-])c1)c1ccccc1. The minimum absolute atomic E-state index is 0.00485. The number of benzene rings is 3. The number of ketones is 1. The number of carbonyl (C=O) groups is 8. The number of piperidine rings is 1. The van der Waals surface area contributed by atoms with E-state index in [1.807, 2.05) is 0 Å². The van der Waals surface area contributed by atoms with Crippen LogP contribution < -0.4 is 16.0 Å². The molecule has 1 aliphatic rings. The fourth-order valence-corrected chi connectivity index (χ4v) is 6.58. The average molecular weight is 818 g/mol. The fraction of sp³-hybridized carbons (Fsp3) is 0.350. The standard InChI is InChI=1S/C40H43N5O14/c1-22-9-8-10-23(2)35(22)40(56)59-21-31(47)26(19-33(49)50)42-38(54)28-13-6-7-16-44(28)39(55)36(25-11-4-3-5-12-25)43-37(53)27(20-34(51)52)41-32(48)18-24-14-15-30(46)29(17-24)45(57)58/h3-5,8-12,14-15,17,26-28,36,46H,6-7,13,16,18-21H2,1-2H3,(H,41,48)(H,42,54)(H,43,53)(H,49,50)(H,51,52)/t26-,27-,28?,36-/m0/s1. The molecule has 0 saturated carbocycles. The third-order valence-electron chi connectivity index (χ3n) is 9.50. The highest BCUT2D eigenvalue weighted by Gasteiger charge is 2.39. The normalized spacial score (nSPS) is 15.1. The van der Waals surface area contributed by atoms with Gasteiger partial charge in [-0.2, -0.15) is 0 Å². The summed E-state index contributed by atoms with van der Waals surface area (Å²) in [6.07, 6.45) is -1.40. The van der Waals surface area contributed by atoms with Gasteiger partial charge in [0, 0.05) is 12.6 Å². The van der Waals surface area contributed by atoms with Gasteiger partial charge < -0.3 is 40.9 Å². The number of esters is 1. The number of amides is 4.